The van der Waals surface area contributed by atoms with Crippen LogP contribution >= 0.6 is 11.6 Å². The molecule has 0 radical (unpaired) electrons. The maximum absolute atomic E-state index is 12.7. The predicted molar refractivity (Wildman–Crippen MR) is 131 cm³/mol. The highest BCUT2D eigenvalue weighted by atomic mass is 35.5. The number of carbonyl (C=O) groups is 1. The molecule has 180 valence electrons. The van der Waals surface area contributed by atoms with Crippen LogP contribution in [0, 0.1) is 0 Å². The largest absolute Gasteiger partial charge is 0.492 e. The minimum Gasteiger partial charge on any atom is -0.492 e. The van der Waals surface area contributed by atoms with Crippen molar-refractivity contribution in [2.75, 3.05) is 19.8 Å². The van der Waals surface area contributed by atoms with Crippen molar-refractivity contribution in [3.8, 4) is 17.2 Å². The van der Waals surface area contributed by atoms with Crippen LogP contribution in [0.1, 0.15) is 58.2 Å². The van der Waals surface area contributed by atoms with Gasteiger partial charge in [0.2, 0.25) is 0 Å². The molecule has 1 unspecified atom stereocenters. The average molecular weight is 475 g/mol. The summed E-state index contributed by atoms with van der Waals surface area (Å²) in [6.07, 6.45) is 0.872. The Balaban J connectivity index is 1.67. The van der Waals surface area contributed by atoms with Gasteiger partial charge in [0, 0.05) is 36.7 Å². The summed E-state index contributed by atoms with van der Waals surface area (Å²) in [4.78, 5) is 14.5. The molecule has 0 saturated heterocycles. The molecule has 1 aliphatic heterocycles. The number of para-hydroxylation sites is 1. The van der Waals surface area contributed by atoms with Crippen molar-refractivity contribution < 1.29 is 19.0 Å². The fourth-order valence-corrected chi connectivity index (χ4v) is 4.51. The van der Waals surface area contributed by atoms with Gasteiger partial charge in [-0.1, -0.05) is 29.8 Å². The number of halogens is 1. The fraction of sp³-hybridized carbons (Fsp3) is 0.500. The molecular weight excluding hydrogens is 440 g/mol. The summed E-state index contributed by atoms with van der Waals surface area (Å²) in [6.45, 7) is 11.7. The van der Waals surface area contributed by atoms with E-state index in [2.05, 4.69) is 11.4 Å². The molecule has 7 heteroatoms. The van der Waals surface area contributed by atoms with Crippen LogP contribution in [-0.2, 0) is 11.3 Å². The van der Waals surface area contributed by atoms with Gasteiger partial charge in [-0.05, 0) is 58.4 Å². The van der Waals surface area contributed by atoms with Crippen LogP contribution in [0.5, 0.6) is 17.2 Å². The second-order valence-corrected chi connectivity index (χ2v) is 9.13. The number of nitrogens with one attached hydrogen (secondary N) is 1. The summed E-state index contributed by atoms with van der Waals surface area (Å²) >= 11 is 6.29. The maximum Gasteiger partial charge on any atom is 0.260 e. The highest BCUT2D eigenvalue weighted by Crippen LogP contribution is 2.37. The zero-order chi connectivity index (χ0) is 24.0. The van der Waals surface area contributed by atoms with Gasteiger partial charge in [-0.3, -0.25) is 4.79 Å². The van der Waals surface area contributed by atoms with E-state index in [1.54, 1.807) is 0 Å². The van der Waals surface area contributed by atoms with Crippen LogP contribution < -0.4 is 19.5 Å². The molecule has 3 rings (SSSR count). The van der Waals surface area contributed by atoms with Gasteiger partial charge in [-0.15, -0.1) is 0 Å². The molecule has 1 amide bonds. The molecular formula is C26H35ClN2O4. The van der Waals surface area contributed by atoms with E-state index < -0.39 is 0 Å². The second kappa shape index (κ2) is 11.6. The van der Waals surface area contributed by atoms with Crippen LogP contribution in [-0.4, -0.2) is 42.7 Å². The molecule has 2 aromatic carbocycles. The number of ether oxygens (including phenoxy) is 3. The van der Waals surface area contributed by atoms with E-state index in [-0.39, 0.29) is 30.6 Å². The van der Waals surface area contributed by atoms with Crippen molar-refractivity contribution in [3.05, 3.63) is 52.5 Å². The van der Waals surface area contributed by atoms with Crippen LogP contribution in [0.25, 0.3) is 0 Å². The van der Waals surface area contributed by atoms with E-state index >= 15 is 0 Å². The van der Waals surface area contributed by atoms with Gasteiger partial charge in [0.15, 0.2) is 18.1 Å². The Hall–Kier alpha value is -2.44. The first kappa shape index (κ1) is 25.2. The summed E-state index contributed by atoms with van der Waals surface area (Å²) in [6, 6.07) is 12.1. The Morgan fingerprint density at radius 2 is 1.91 bits per heavy atom. The van der Waals surface area contributed by atoms with E-state index in [1.165, 1.54) is 0 Å². The van der Waals surface area contributed by atoms with Gasteiger partial charge >= 0.3 is 0 Å². The minimum absolute atomic E-state index is 0.0202. The van der Waals surface area contributed by atoms with E-state index in [9.17, 15) is 4.79 Å². The van der Waals surface area contributed by atoms with Gasteiger partial charge < -0.3 is 24.4 Å². The Morgan fingerprint density at radius 1 is 1.15 bits per heavy atom. The monoisotopic (exact) mass is 474 g/mol. The summed E-state index contributed by atoms with van der Waals surface area (Å²) in [7, 11) is 0. The number of hydrogen-bond acceptors (Lipinski definition) is 5. The van der Waals surface area contributed by atoms with Crippen molar-refractivity contribution in [1.29, 1.82) is 0 Å². The molecule has 0 aliphatic carbocycles. The van der Waals surface area contributed by atoms with E-state index in [4.69, 9.17) is 25.8 Å². The first-order chi connectivity index (χ1) is 15.8. The van der Waals surface area contributed by atoms with E-state index in [0.29, 0.717) is 36.3 Å². The van der Waals surface area contributed by atoms with E-state index in [1.807, 2.05) is 69.9 Å². The summed E-state index contributed by atoms with van der Waals surface area (Å²) in [5, 5.41) is 4.25. The Morgan fingerprint density at radius 3 is 2.61 bits per heavy atom. The lowest BCUT2D eigenvalue weighted by Gasteiger charge is -2.30. The number of benzene rings is 2. The molecule has 0 spiro atoms. The van der Waals surface area contributed by atoms with E-state index in [0.717, 1.165) is 23.3 Å². The van der Waals surface area contributed by atoms with Crippen LogP contribution in [0.15, 0.2) is 36.4 Å². The molecule has 0 aromatic heterocycles. The number of amides is 1. The molecule has 0 bridgehead atoms. The topological polar surface area (TPSA) is 60.0 Å². The second-order valence-electron chi connectivity index (χ2n) is 8.72. The molecule has 1 atom stereocenters. The van der Waals surface area contributed by atoms with Crippen molar-refractivity contribution in [2.45, 2.75) is 65.7 Å². The summed E-state index contributed by atoms with van der Waals surface area (Å²) in [5.41, 5.74) is 2.15. The zero-order valence-corrected chi connectivity index (χ0v) is 20.9. The SMILES string of the molecule is CCOc1cc(CNC2CCOc3c(Cl)cccc32)ccc1OCC(=O)N(C(C)C)C(C)C. The quantitative estimate of drug-likeness (QED) is 0.501. The number of rotatable bonds is 10. The van der Waals surface area contributed by atoms with Crippen molar-refractivity contribution in [2.24, 2.45) is 0 Å². The molecule has 2 aromatic rings. The lowest BCUT2D eigenvalue weighted by Crippen LogP contribution is -2.44. The minimum atomic E-state index is -0.0370. The van der Waals surface area contributed by atoms with Crippen LogP contribution in [0.2, 0.25) is 5.02 Å². The molecule has 0 saturated carbocycles. The van der Waals surface area contributed by atoms with Gasteiger partial charge in [-0.25, -0.2) is 0 Å². The third-order valence-corrected chi connectivity index (χ3v) is 5.94. The van der Waals surface area contributed by atoms with Crippen molar-refractivity contribution >= 4 is 17.5 Å². The van der Waals surface area contributed by atoms with Gasteiger partial charge in [0.05, 0.1) is 18.2 Å². The number of hydrogen-bond donors (Lipinski definition) is 1. The van der Waals surface area contributed by atoms with Gasteiger partial charge in [-0.2, -0.15) is 0 Å². The molecule has 33 heavy (non-hydrogen) atoms. The highest BCUT2D eigenvalue weighted by molar-refractivity contribution is 6.32. The molecule has 1 N–H and O–H groups in total. The molecule has 6 nitrogen and oxygen atoms in total. The predicted octanol–water partition coefficient (Wildman–Crippen LogP) is 5.38. The first-order valence-corrected chi connectivity index (χ1v) is 12.0. The Labute approximate surface area is 202 Å². The standard InChI is InChI=1S/C26H35ClN2O4/c1-6-31-24-14-19(10-11-23(24)33-16-25(30)29(17(2)3)18(4)5)15-28-22-12-13-32-26-20(22)8-7-9-21(26)27/h7-11,14,17-18,22,28H,6,12-13,15-16H2,1-5H3. The van der Waals surface area contributed by atoms with Gasteiger partial charge in [0.1, 0.15) is 5.75 Å². The average Bonchev–Trinajstić information content (AvgIpc) is 2.77. The number of nitrogens with zero attached hydrogens (tertiary/aromatic N) is 1. The fourth-order valence-electron chi connectivity index (χ4n) is 4.28. The third kappa shape index (κ3) is 6.33. The molecule has 0 fully saturated rings. The lowest BCUT2D eigenvalue weighted by molar-refractivity contribution is -0.137. The van der Waals surface area contributed by atoms with Gasteiger partial charge in [0.25, 0.3) is 5.91 Å². The van der Waals surface area contributed by atoms with Crippen LogP contribution in [0.3, 0.4) is 0 Å². The zero-order valence-electron chi connectivity index (χ0n) is 20.2. The van der Waals surface area contributed by atoms with Crippen molar-refractivity contribution in [1.82, 2.24) is 10.2 Å². The molecule has 1 aliphatic rings. The van der Waals surface area contributed by atoms with Crippen molar-refractivity contribution in [3.63, 3.8) is 0 Å². The number of fused-ring (bicyclic) bond motifs is 1. The lowest BCUT2D eigenvalue weighted by atomic mass is 10.00. The first-order valence-electron chi connectivity index (χ1n) is 11.7. The smallest absolute Gasteiger partial charge is 0.260 e. The summed E-state index contributed by atoms with van der Waals surface area (Å²) in [5.74, 6) is 1.94. The number of carbonyl (C=O) groups excluding carboxylic acids is 1. The Bertz CT molecular complexity index is 940. The molecule has 1 heterocycles. The maximum atomic E-state index is 12.7. The summed E-state index contributed by atoms with van der Waals surface area (Å²) < 4.78 is 17.4. The third-order valence-electron chi connectivity index (χ3n) is 5.64. The normalized spacial score (nSPS) is 15.2. The Kier molecular flexibility index (Phi) is 8.87. The highest BCUT2D eigenvalue weighted by Gasteiger charge is 2.23. The van der Waals surface area contributed by atoms with Crippen LogP contribution in [0.4, 0.5) is 0 Å².